The first kappa shape index (κ1) is 19.4. The lowest BCUT2D eigenvalue weighted by Gasteiger charge is -2.42. The van der Waals surface area contributed by atoms with E-state index in [0.717, 1.165) is 0 Å². The SMILES string of the molecule is CC1(C)COC2(O)C(NC(CO)CO)=CC=C(C(=O)c3ccccc3)C2=N1. The van der Waals surface area contributed by atoms with Crippen molar-refractivity contribution >= 4 is 11.5 Å². The number of nitrogens with zero attached hydrogens (tertiary/aromatic N) is 1. The van der Waals surface area contributed by atoms with Crippen LogP contribution in [-0.4, -0.2) is 64.0 Å². The normalized spacial score (nSPS) is 23.9. The molecule has 1 aromatic rings. The van der Waals surface area contributed by atoms with Crippen molar-refractivity contribution in [2.45, 2.75) is 31.2 Å². The standard InChI is InChI=1S/C20H24N2O5/c1-19(2)12-27-20(26)16(21-14(10-23)11-24)9-8-15(18(20)22-19)17(25)13-6-4-3-5-7-13/h3-9,14,21,23-24,26H,10-12H2,1-2H3. The van der Waals surface area contributed by atoms with Crippen LogP contribution in [-0.2, 0) is 4.74 Å². The van der Waals surface area contributed by atoms with E-state index in [9.17, 15) is 20.1 Å². The Bertz CT molecular complexity index is 809. The van der Waals surface area contributed by atoms with Gasteiger partial charge in [0.15, 0.2) is 5.78 Å². The maximum atomic E-state index is 13.0. The Morgan fingerprint density at radius 3 is 2.52 bits per heavy atom. The van der Waals surface area contributed by atoms with Gasteiger partial charge in [0.05, 0.1) is 37.1 Å². The number of allylic oxidation sites excluding steroid dienone is 2. The maximum absolute atomic E-state index is 13.0. The molecule has 1 aliphatic heterocycles. The molecular weight excluding hydrogens is 348 g/mol. The first-order valence-corrected chi connectivity index (χ1v) is 8.78. The van der Waals surface area contributed by atoms with Gasteiger partial charge in [-0.3, -0.25) is 9.79 Å². The van der Waals surface area contributed by atoms with Crippen LogP contribution in [0.4, 0.5) is 0 Å². The van der Waals surface area contributed by atoms with Gasteiger partial charge >= 0.3 is 0 Å². The molecule has 144 valence electrons. The minimum atomic E-state index is -1.95. The summed E-state index contributed by atoms with van der Waals surface area (Å²) >= 11 is 0. The summed E-state index contributed by atoms with van der Waals surface area (Å²) < 4.78 is 5.74. The Morgan fingerprint density at radius 1 is 1.22 bits per heavy atom. The molecule has 1 aromatic carbocycles. The van der Waals surface area contributed by atoms with E-state index in [1.807, 2.05) is 19.9 Å². The number of benzene rings is 1. The summed E-state index contributed by atoms with van der Waals surface area (Å²) in [4.78, 5) is 17.6. The molecule has 1 heterocycles. The third kappa shape index (κ3) is 3.72. The molecule has 0 radical (unpaired) electrons. The van der Waals surface area contributed by atoms with Crippen molar-refractivity contribution in [1.29, 1.82) is 0 Å². The van der Waals surface area contributed by atoms with Crippen molar-refractivity contribution in [3.05, 3.63) is 59.3 Å². The quantitative estimate of drug-likeness (QED) is 0.544. The topological polar surface area (TPSA) is 111 Å². The van der Waals surface area contributed by atoms with Crippen LogP contribution in [0.3, 0.4) is 0 Å². The van der Waals surface area contributed by atoms with Gasteiger partial charge in [0.25, 0.3) is 5.79 Å². The number of aliphatic hydroxyl groups excluding tert-OH is 2. The largest absolute Gasteiger partial charge is 0.394 e. The van der Waals surface area contributed by atoms with E-state index >= 15 is 0 Å². The highest BCUT2D eigenvalue weighted by Crippen LogP contribution is 2.35. The molecule has 1 atom stereocenters. The molecule has 2 aliphatic rings. The van der Waals surface area contributed by atoms with Crippen LogP contribution in [0.1, 0.15) is 24.2 Å². The summed E-state index contributed by atoms with van der Waals surface area (Å²) in [6.07, 6.45) is 3.09. The Morgan fingerprint density at radius 2 is 1.89 bits per heavy atom. The zero-order valence-electron chi connectivity index (χ0n) is 15.3. The molecule has 7 heteroatoms. The van der Waals surface area contributed by atoms with Crippen molar-refractivity contribution in [3.63, 3.8) is 0 Å². The number of hydrogen-bond donors (Lipinski definition) is 4. The van der Waals surface area contributed by atoms with Gasteiger partial charge in [0.2, 0.25) is 0 Å². The number of ketones is 1. The minimum absolute atomic E-state index is 0.118. The predicted molar refractivity (Wildman–Crippen MR) is 100 cm³/mol. The van der Waals surface area contributed by atoms with Gasteiger partial charge in [-0.05, 0) is 26.0 Å². The number of carbonyl (C=O) groups excluding carboxylic acids is 1. The summed E-state index contributed by atoms with van der Waals surface area (Å²) in [5, 5.41) is 32.8. The molecule has 0 bridgehead atoms. The number of fused-ring (bicyclic) bond motifs is 1. The maximum Gasteiger partial charge on any atom is 0.252 e. The number of nitrogens with one attached hydrogen (secondary N) is 1. The van der Waals surface area contributed by atoms with Crippen LogP contribution >= 0.6 is 0 Å². The molecule has 0 saturated heterocycles. The molecule has 0 saturated carbocycles. The molecule has 0 aromatic heterocycles. The van der Waals surface area contributed by atoms with Gasteiger partial charge in [-0.25, -0.2) is 0 Å². The lowest BCUT2D eigenvalue weighted by molar-refractivity contribution is -0.145. The zero-order chi connectivity index (χ0) is 19.7. The second-order valence-corrected chi connectivity index (χ2v) is 7.27. The molecule has 3 rings (SSSR count). The molecule has 4 N–H and O–H groups in total. The predicted octanol–water partition coefficient (Wildman–Crippen LogP) is 0.574. The summed E-state index contributed by atoms with van der Waals surface area (Å²) in [7, 11) is 0. The molecule has 0 fully saturated rings. The van der Waals surface area contributed by atoms with E-state index in [0.29, 0.717) is 5.56 Å². The van der Waals surface area contributed by atoms with Crippen molar-refractivity contribution in [2.75, 3.05) is 19.8 Å². The van der Waals surface area contributed by atoms with Gasteiger partial charge in [0.1, 0.15) is 5.71 Å². The first-order valence-electron chi connectivity index (χ1n) is 8.78. The summed E-state index contributed by atoms with van der Waals surface area (Å²) in [6.45, 7) is 3.17. The lowest BCUT2D eigenvalue weighted by atomic mass is 9.86. The van der Waals surface area contributed by atoms with E-state index in [2.05, 4.69) is 10.3 Å². The van der Waals surface area contributed by atoms with Gasteiger partial charge in [-0.2, -0.15) is 0 Å². The van der Waals surface area contributed by atoms with E-state index in [4.69, 9.17) is 4.74 Å². The summed E-state index contributed by atoms with van der Waals surface area (Å²) in [6, 6.07) is 8.06. The van der Waals surface area contributed by atoms with E-state index in [1.165, 1.54) is 6.08 Å². The number of hydrogen-bond acceptors (Lipinski definition) is 7. The highest BCUT2D eigenvalue weighted by molar-refractivity contribution is 6.31. The summed E-state index contributed by atoms with van der Waals surface area (Å²) in [5.41, 5.74) is 0.437. The second-order valence-electron chi connectivity index (χ2n) is 7.27. The fourth-order valence-corrected chi connectivity index (χ4v) is 3.01. The molecule has 27 heavy (non-hydrogen) atoms. The average Bonchev–Trinajstić information content (AvgIpc) is 2.67. The fraction of sp³-hybridized carbons (Fsp3) is 0.400. The van der Waals surface area contributed by atoms with Crippen LogP contribution in [0.25, 0.3) is 0 Å². The lowest BCUT2D eigenvalue weighted by Crippen LogP contribution is -2.58. The van der Waals surface area contributed by atoms with Crippen LogP contribution in [0.2, 0.25) is 0 Å². The van der Waals surface area contributed by atoms with Gasteiger partial charge in [-0.15, -0.1) is 0 Å². The number of aliphatic imine (C=N–C) groups is 1. The highest BCUT2D eigenvalue weighted by atomic mass is 16.6. The smallest absolute Gasteiger partial charge is 0.252 e. The van der Waals surface area contributed by atoms with Crippen LogP contribution in [0, 0.1) is 0 Å². The number of rotatable bonds is 6. The van der Waals surface area contributed by atoms with Crippen LogP contribution < -0.4 is 5.32 Å². The number of aliphatic hydroxyl groups is 3. The monoisotopic (exact) mass is 372 g/mol. The van der Waals surface area contributed by atoms with Crippen molar-refractivity contribution < 1.29 is 24.9 Å². The Balaban J connectivity index is 2.07. The molecule has 1 aliphatic carbocycles. The van der Waals surface area contributed by atoms with Crippen LogP contribution in [0.15, 0.2) is 58.7 Å². The van der Waals surface area contributed by atoms with Crippen molar-refractivity contribution in [2.24, 2.45) is 4.99 Å². The Kier molecular flexibility index (Phi) is 5.30. The minimum Gasteiger partial charge on any atom is -0.394 e. The highest BCUT2D eigenvalue weighted by Gasteiger charge is 2.49. The Labute approximate surface area is 157 Å². The number of ether oxygens (including phenoxy) is 1. The average molecular weight is 372 g/mol. The van der Waals surface area contributed by atoms with E-state index < -0.39 is 17.4 Å². The molecule has 1 unspecified atom stereocenters. The van der Waals surface area contributed by atoms with Crippen molar-refractivity contribution in [3.8, 4) is 0 Å². The molecule has 7 nitrogen and oxygen atoms in total. The van der Waals surface area contributed by atoms with E-state index in [1.54, 1.807) is 30.3 Å². The number of carbonyl (C=O) groups is 1. The second kappa shape index (κ2) is 7.36. The third-order valence-corrected chi connectivity index (χ3v) is 4.49. The fourth-order valence-electron chi connectivity index (χ4n) is 3.01. The van der Waals surface area contributed by atoms with E-state index in [-0.39, 0.29) is 42.6 Å². The van der Waals surface area contributed by atoms with Crippen molar-refractivity contribution in [1.82, 2.24) is 5.32 Å². The molecular formula is C20H24N2O5. The van der Waals surface area contributed by atoms with Gasteiger partial charge in [-0.1, -0.05) is 30.3 Å². The molecule has 0 amide bonds. The van der Waals surface area contributed by atoms with Crippen LogP contribution in [0.5, 0.6) is 0 Å². The van der Waals surface area contributed by atoms with Gasteiger partial charge < -0.3 is 25.4 Å². The summed E-state index contributed by atoms with van der Waals surface area (Å²) in [5.74, 6) is -2.22. The zero-order valence-corrected chi connectivity index (χ0v) is 15.3. The molecule has 0 spiro atoms. The Hall–Kier alpha value is -2.32. The van der Waals surface area contributed by atoms with Gasteiger partial charge in [0, 0.05) is 11.1 Å². The number of Topliss-reactive ketones (excluding diaryl/α,β-unsaturated/α-hetero) is 1. The third-order valence-electron chi connectivity index (χ3n) is 4.49. The first-order chi connectivity index (χ1) is 12.8.